The molecule has 0 saturated heterocycles. The quantitative estimate of drug-likeness (QED) is 0.595. The molecule has 0 aromatic carbocycles. The van der Waals surface area contributed by atoms with E-state index in [2.05, 4.69) is 34.0 Å². The first-order chi connectivity index (χ1) is 15.5. The lowest BCUT2D eigenvalue weighted by molar-refractivity contribution is -0.121. The number of pyridine rings is 1. The molecule has 2 aromatic heterocycles. The predicted molar refractivity (Wildman–Crippen MR) is 129 cm³/mol. The van der Waals surface area contributed by atoms with Crippen molar-refractivity contribution in [1.29, 1.82) is 0 Å². The minimum absolute atomic E-state index is 0.0889. The molecule has 4 rings (SSSR count). The third-order valence-electron chi connectivity index (χ3n) is 6.38. The van der Waals surface area contributed by atoms with E-state index in [0.717, 1.165) is 54.0 Å². The van der Waals surface area contributed by atoms with E-state index in [1.807, 2.05) is 12.1 Å². The Morgan fingerprint density at radius 2 is 2.03 bits per heavy atom. The van der Waals surface area contributed by atoms with Crippen molar-refractivity contribution in [2.45, 2.75) is 66.0 Å². The van der Waals surface area contributed by atoms with Crippen LogP contribution < -0.4 is 10.6 Å². The van der Waals surface area contributed by atoms with Gasteiger partial charge in [0.2, 0.25) is 11.8 Å². The number of aliphatic hydroxyl groups excluding tert-OH is 1. The average molecular weight is 471 g/mol. The van der Waals surface area contributed by atoms with Crippen LogP contribution in [-0.2, 0) is 22.6 Å². The number of nitrogens with zero attached hydrogens (tertiary/aromatic N) is 2. The van der Waals surface area contributed by atoms with Crippen LogP contribution in [0.4, 0.5) is 5.82 Å². The molecule has 1 aliphatic carbocycles. The summed E-state index contributed by atoms with van der Waals surface area (Å²) in [5.41, 5.74) is 4.63. The van der Waals surface area contributed by atoms with Crippen molar-refractivity contribution in [3.63, 3.8) is 0 Å². The number of amides is 2. The molecule has 3 N–H and O–H groups in total. The van der Waals surface area contributed by atoms with Crippen molar-refractivity contribution < 1.29 is 14.7 Å². The Hall–Kier alpha value is -2.64. The van der Waals surface area contributed by atoms with Crippen LogP contribution >= 0.6 is 11.6 Å². The van der Waals surface area contributed by atoms with E-state index in [1.54, 1.807) is 19.2 Å². The number of halogens is 1. The van der Waals surface area contributed by atoms with Gasteiger partial charge in [-0.2, -0.15) is 0 Å². The first-order valence-electron chi connectivity index (χ1n) is 11.4. The maximum atomic E-state index is 12.9. The molecule has 2 aliphatic rings. The van der Waals surface area contributed by atoms with E-state index in [-0.39, 0.29) is 23.1 Å². The summed E-state index contributed by atoms with van der Waals surface area (Å²) in [7, 11) is 0. The van der Waals surface area contributed by atoms with E-state index >= 15 is 0 Å². The third kappa shape index (κ3) is 4.99. The Balaban J connectivity index is 1.59. The fraction of sp³-hybridized carbons (Fsp3) is 0.480. The SMILES string of the molecule is CC(=O)NC1=CCC[C@H](C(=O)Nc2cc(-c3cc([C@@H](C)O)n4c3CC(C)(C)C4)c(Cl)cn2)C1. The van der Waals surface area contributed by atoms with E-state index in [9.17, 15) is 14.7 Å². The number of aliphatic hydroxyl groups is 1. The fourth-order valence-corrected chi connectivity index (χ4v) is 5.11. The number of aromatic nitrogens is 2. The summed E-state index contributed by atoms with van der Waals surface area (Å²) in [6, 6.07) is 3.80. The van der Waals surface area contributed by atoms with E-state index in [4.69, 9.17) is 11.6 Å². The first-order valence-corrected chi connectivity index (χ1v) is 11.8. The Morgan fingerprint density at radius 3 is 2.73 bits per heavy atom. The first kappa shape index (κ1) is 23.5. The minimum Gasteiger partial charge on any atom is -0.387 e. The predicted octanol–water partition coefficient (Wildman–Crippen LogP) is 4.60. The van der Waals surface area contributed by atoms with Crippen molar-refractivity contribution in [1.82, 2.24) is 14.9 Å². The highest BCUT2D eigenvalue weighted by atomic mass is 35.5. The monoisotopic (exact) mass is 470 g/mol. The zero-order chi connectivity index (χ0) is 23.9. The topological polar surface area (TPSA) is 96.3 Å². The molecule has 2 aromatic rings. The van der Waals surface area contributed by atoms with Crippen LogP contribution in [0.1, 0.15) is 64.4 Å². The molecule has 3 heterocycles. The molecule has 0 radical (unpaired) electrons. The van der Waals surface area contributed by atoms with E-state index in [0.29, 0.717) is 17.3 Å². The van der Waals surface area contributed by atoms with E-state index < -0.39 is 6.10 Å². The van der Waals surface area contributed by atoms with Gasteiger partial charge in [-0.3, -0.25) is 9.59 Å². The summed E-state index contributed by atoms with van der Waals surface area (Å²) in [6.07, 6.45) is 5.75. The lowest BCUT2D eigenvalue weighted by atomic mass is 9.89. The number of carbonyl (C=O) groups is 2. The van der Waals surface area contributed by atoms with Gasteiger partial charge in [-0.1, -0.05) is 31.5 Å². The number of hydrogen-bond donors (Lipinski definition) is 3. The van der Waals surface area contributed by atoms with Crippen LogP contribution in [0.3, 0.4) is 0 Å². The zero-order valence-corrected chi connectivity index (χ0v) is 20.3. The number of nitrogens with one attached hydrogen (secondary N) is 2. The number of fused-ring (bicyclic) bond motifs is 1. The molecule has 176 valence electrons. The number of hydrogen-bond acceptors (Lipinski definition) is 4. The molecule has 2 amide bonds. The zero-order valence-electron chi connectivity index (χ0n) is 19.5. The van der Waals surface area contributed by atoms with Gasteiger partial charge < -0.3 is 20.3 Å². The molecule has 2 atom stereocenters. The van der Waals surface area contributed by atoms with Gasteiger partial charge in [-0.05, 0) is 50.2 Å². The molecule has 33 heavy (non-hydrogen) atoms. The molecule has 8 heteroatoms. The van der Waals surface area contributed by atoms with Gasteiger partial charge in [0.1, 0.15) is 5.82 Å². The van der Waals surface area contributed by atoms with Crippen molar-refractivity contribution >= 4 is 29.2 Å². The fourth-order valence-electron chi connectivity index (χ4n) is 4.91. The van der Waals surface area contributed by atoms with Crippen LogP contribution in [0.25, 0.3) is 11.1 Å². The normalized spacial score (nSPS) is 20.1. The van der Waals surface area contributed by atoms with Gasteiger partial charge >= 0.3 is 0 Å². The van der Waals surface area contributed by atoms with Gasteiger partial charge in [0.15, 0.2) is 0 Å². The molecular weight excluding hydrogens is 440 g/mol. The molecular formula is C25H31ClN4O3. The standard InChI is InChI=1S/C25H31ClN4O3/c1-14(31)21-9-19(22-11-25(3,4)13-30(21)22)18-10-23(27-12-20(18)26)29-24(33)16-6-5-7-17(8-16)28-15(2)32/h7,9-10,12,14,16,31H,5-6,8,11,13H2,1-4H3,(H,28,32)(H,27,29,33)/t14-,16+/m1/s1. The van der Waals surface area contributed by atoms with Crippen LogP contribution in [0.2, 0.25) is 5.02 Å². The number of allylic oxidation sites excluding steroid dienone is 2. The van der Waals surface area contributed by atoms with Crippen molar-refractivity contribution in [3.8, 4) is 11.1 Å². The average Bonchev–Trinajstić information content (AvgIpc) is 3.22. The van der Waals surface area contributed by atoms with Crippen molar-refractivity contribution in [2.75, 3.05) is 5.32 Å². The Morgan fingerprint density at radius 1 is 1.27 bits per heavy atom. The second-order valence-electron chi connectivity index (χ2n) is 9.96. The smallest absolute Gasteiger partial charge is 0.229 e. The number of carbonyl (C=O) groups excluding carboxylic acids is 2. The van der Waals surface area contributed by atoms with Crippen LogP contribution in [0, 0.1) is 11.3 Å². The molecule has 0 unspecified atom stereocenters. The summed E-state index contributed by atoms with van der Waals surface area (Å²) >= 11 is 6.55. The number of anilines is 1. The minimum atomic E-state index is -0.594. The lowest BCUT2D eigenvalue weighted by Crippen LogP contribution is -2.29. The second-order valence-corrected chi connectivity index (χ2v) is 10.4. The molecule has 1 aliphatic heterocycles. The molecule has 0 spiro atoms. The van der Waals surface area contributed by atoms with Gasteiger partial charge in [0.05, 0.1) is 11.1 Å². The lowest BCUT2D eigenvalue weighted by Gasteiger charge is -2.22. The van der Waals surface area contributed by atoms with Crippen LogP contribution in [0.5, 0.6) is 0 Å². The maximum Gasteiger partial charge on any atom is 0.229 e. The molecule has 0 bridgehead atoms. The largest absolute Gasteiger partial charge is 0.387 e. The van der Waals surface area contributed by atoms with Crippen molar-refractivity contribution in [3.05, 3.63) is 46.5 Å². The van der Waals surface area contributed by atoms with Gasteiger partial charge in [-0.15, -0.1) is 0 Å². The maximum absolute atomic E-state index is 12.9. The van der Waals surface area contributed by atoms with Gasteiger partial charge in [0, 0.05) is 53.8 Å². The summed E-state index contributed by atoms with van der Waals surface area (Å²) in [4.78, 5) is 28.6. The Kier molecular flexibility index (Phi) is 6.38. The summed E-state index contributed by atoms with van der Waals surface area (Å²) in [6.45, 7) is 8.49. The number of rotatable bonds is 5. The Labute approximate surface area is 199 Å². The second kappa shape index (κ2) is 8.95. The summed E-state index contributed by atoms with van der Waals surface area (Å²) in [5.74, 6) is -0.0595. The Bertz CT molecular complexity index is 1130. The summed E-state index contributed by atoms with van der Waals surface area (Å²) < 4.78 is 2.19. The summed E-state index contributed by atoms with van der Waals surface area (Å²) in [5, 5.41) is 16.6. The molecule has 0 fully saturated rings. The van der Waals surface area contributed by atoms with Gasteiger partial charge in [-0.25, -0.2) is 4.98 Å². The molecule has 0 saturated carbocycles. The van der Waals surface area contributed by atoms with Crippen LogP contribution in [-0.4, -0.2) is 26.5 Å². The highest BCUT2D eigenvalue weighted by molar-refractivity contribution is 6.33. The third-order valence-corrected chi connectivity index (χ3v) is 6.68. The van der Waals surface area contributed by atoms with E-state index in [1.165, 1.54) is 6.92 Å². The highest BCUT2D eigenvalue weighted by Crippen LogP contribution is 2.43. The highest BCUT2D eigenvalue weighted by Gasteiger charge is 2.34. The van der Waals surface area contributed by atoms with Gasteiger partial charge in [0.25, 0.3) is 0 Å². The van der Waals surface area contributed by atoms with Crippen LogP contribution in [0.15, 0.2) is 30.1 Å². The van der Waals surface area contributed by atoms with Crippen molar-refractivity contribution in [2.24, 2.45) is 11.3 Å². The molecule has 7 nitrogen and oxygen atoms in total.